The second kappa shape index (κ2) is 11.2. The molecule has 1 aliphatic carbocycles. The van der Waals surface area contributed by atoms with E-state index in [1.54, 1.807) is 11.3 Å². The van der Waals surface area contributed by atoms with E-state index in [1.807, 2.05) is 35.7 Å². The van der Waals surface area contributed by atoms with E-state index in [0.29, 0.717) is 28.6 Å². The largest absolute Gasteiger partial charge is 0.452 e. The van der Waals surface area contributed by atoms with Gasteiger partial charge in [0.15, 0.2) is 6.61 Å². The Hall–Kier alpha value is -3.86. The normalized spacial score (nSPS) is 16.4. The maximum atomic E-state index is 13.7. The van der Waals surface area contributed by atoms with Crippen LogP contribution in [0.1, 0.15) is 53.7 Å². The van der Waals surface area contributed by atoms with Crippen LogP contribution in [0, 0.1) is 11.3 Å². The molecule has 1 unspecified atom stereocenters. The molecular weight excluding hydrogens is 558 g/mol. The summed E-state index contributed by atoms with van der Waals surface area (Å²) in [5.41, 5.74) is 4.16. The molecule has 0 aliphatic heterocycles. The summed E-state index contributed by atoms with van der Waals surface area (Å²) < 4.78 is 28.5. The number of nitrogens with two attached hydrogens (primary N) is 1. The number of pyridine rings is 1. The lowest BCUT2D eigenvalue weighted by Gasteiger charge is -2.36. The maximum absolute atomic E-state index is 13.7. The number of anilines is 1. The van der Waals surface area contributed by atoms with E-state index in [0.717, 1.165) is 28.1 Å². The zero-order valence-electron chi connectivity index (χ0n) is 23.0. The number of aromatic nitrogens is 1. The second-order valence-corrected chi connectivity index (χ2v) is 13.7. The van der Waals surface area contributed by atoms with Crippen LogP contribution in [-0.2, 0) is 26.0 Å². The minimum atomic E-state index is -3.85. The molecule has 0 fully saturated rings. The zero-order chi connectivity index (χ0) is 29.4. The van der Waals surface area contributed by atoms with Gasteiger partial charge < -0.3 is 10.1 Å². The van der Waals surface area contributed by atoms with Crippen molar-refractivity contribution in [1.82, 2.24) is 4.98 Å². The highest BCUT2D eigenvalue weighted by Gasteiger charge is 2.35. The van der Waals surface area contributed by atoms with E-state index in [4.69, 9.17) is 14.9 Å². The van der Waals surface area contributed by atoms with E-state index in [1.165, 1.54) is 24.3 Å². The average Bonchev–Trinajstić information content (AvgIpc) is 3.43. The van der Waals surface area contributed by atoms with E-state index >= 15 is 0 Å². The first-order chi connectivity index (χ1) is 19.4. The Bertz CT molecular complexity index is 1750. The van der Waals surface area contributed by atoms with Gasteiger partial charge in [0.05, 0.1) is 21.7 Å². The van der Waals surface area contributed by atoms with Gasteiger partial charge in [0.1, 0.15) is 0 Å². The van der Waals surface area contributed by atoms with Crippen LogP contribution in [0.2, 0.25) is 0 Å². The van der Waals surface area contributed by atoms with Crippen molar-refractivity contribution in [2.45, 2.75) is 38.5 Å². The van der Waals surface area contributed by atoms with Crippen LogP contribution in [-0.4, -0.2) is 31.9 Å². The summed E-state index contributed by atoms with van der Waals surface area (Å²) >= 11 is 1.65. The number of rotatable bonds is 6. The number of thiophene rings is 1. The molecule has 0 saturated carbocycles. The Morgan fingerprint density at radius 2 is 1.80 bits per heavy atom. The van der Waals surface area contributed by atoms with Crippen molar-refractivity contribution in [2.75, 3.05) is 11.9 Å². The highest BCUT2D eigenvalue weighted by Crippen LogP contribution is 2.45. The number of nitrogens with zero attached hydrogens (tertiary/aromatic N) is 1. The quantitative estimate of drug-likeness (QED) is 0.270. The Kier molecular flexibility index (Phi) is 7.83. The second-order valence-electron chi connectivity index (χ2n) is 11.2. The summed E-state index contributed by atoms with van der Waals surface area (Å²) in [7, 11) is -3.85. The number of nitrogens with one attached hydrogen (secondary N) is 1. The highest BCUT2D eigenvalue weighted by atomic mass is 32.2. The van der Waals surface area contributed by atoms with Crippen molar-refractivity contribution in [3.8, 4) is 0 Å². The molecule has 8 nitrogen and oxygen atoms in total. The molecule has 41 heavy (non-hydrogen) atoms. The minimum absolute atomic E-state index is 0.0162. The number of hydrogen-bond donors (Lipinski definition) is 2. The van der Waals surface area contributed by atoms with Crippen LogP contribution in [0.25, 0.3) is 22.6 Å². The standard InChI is InChI=1S/C31H31N3O5S2/c1-31(2,3)20-15-19(16-22-7-6-14-40-22)29-25(17-20)28(24-8-4-5-9-26(24)34-29)30(36)39-18-27(35)33-21-10-12-23(13-11-21)41(32,37)38/h4-14,16,20H,15,17-18H2,1-3H3,(H,33,35)(H2,32,37,38). The summed E-state index contributed by atoms with van der Waals surface area (Å²) in [6.07, 6.45) is 3.65. The van der Waals surface area contributed by atoms with E-state index in [-0.39, 0.29) is 16.2 Å². The number of benzene rings is 2. The molecule has 1 aliphatic rings. The Morgan fingerprint density at radius 1 is 1.07 bits per heavy atom. The van der Waals surface area contributed by atoms with Crippen LogP contribution in [0.4, 0.5) is 5.69 Å². The van der Waals surface area contributed by atoms with Crippen molar-refractivity contribution >= 4 is 61.5 Å². The van der Waals surface area contributed by atoms with Crippen molar-refractivity contribution in [1.29, 1.82) is 0 Å². The third-order valence-electron chi connectivity index (χ3n) is 7.30. The lowest BCUT2D eigenvalue weighted by molar-refractivity contribution is -0.119. The van der Waals surface area contributed by atoms with Crippen molar-refractivity contribution in [3.05, 3.63) is 87.7 Å². The first kappa shape index (κ1) is 28.7. The maximum Gasteiger partial charge on any atom is 0.339 e. The minimum Gasteiger partial charge on any atom is -0.452 e. The Balaban J connectivity index is 1.47. The van der Waals surface area contributed by atoms with Crippen LogP contribution >= 0.6 is 11.3 Å². The van der Waals surface area contributed by atoms with Gasteiger partial charge in [-0.2, -0.15) is 0 Å². The van der Waals surface area contributed by atoms with Crippen molar-refractivity contribution < 1.29 is 22.7 Å². The summed E-state index contributed by atoms with van der Waals surface area (Å²) in [5.74, 6) is -0.885. The van der Waals surface area contributed by atoms with Gasteiger partial charge in [-0.3, -0.25) is 4.79 Å². The molecule has 2 aromatic carbocycles. The molecule has 212 valence electrons. The predicted molar refractivity (Wildman–Crippen MR) is 162 cm³/mol. The molecule has 2 heterocycles. The lowest BCUT2D eigenvalue weighted by atomic mass is 9.69. The predicted octanol–water partition coefficient (Wildman–Crippen LogP) is 5.89. The van der Waals surface area contributed by atoms with Gasteiger partial charge in [-0.05, 0) is 83.2 Å². The number of carbonyl (C=O) groups excluding carboxylic acids is 2. The van der Waals surface area contributed by atoms with Crippen molar-refractivity contribution in [2.24, 2.45) is 16.5 Å². The first-order valence-electron chi connectivity index (χ1n) is 13.2. The highest BCUT2D eigenvalue weighted by molar-refractivity contribution is 7.89. The molecule has 0 saturated heterocycles. The number of fused-ring (bicyclic) bond motifs is 2. The summed E-state index contributed by atoms with van der Waals surface area (Å²) in [4.78, 5) is 32.4. The topological polar surface area (TPSA) is 128 Å². The van der Waals surface area contributed by atoms with Crippen LogP contribution in [0.3, 0.4) is 0 Å². The van der Waals surface area contributed by atoms with E-state index in [2.05, 4.69) is 38.2 Å². The lowest BCUT2D eigenvalue weighted by Crippen LogP contribution is -2.29. The number of para-hydroxylation sites is 1. The number of ether oxygens (including phenoxy) is 1. The van der Waals surface area contributed by atoms with Crippen LogP contribution < -0.4 is 10.5 Å². The third kappa shape index (κ3) is 6.40. The molecule has 3 N–H and O–H groups in total. The van der Waals surface area contributed by atoms with Gasteiger partial charge >= 0.3 is 5.97 Å². The molecule has 4 aromatic rings. The summed E-state index contributed by atoms with van der Waals surface area (Å²) in [5, 5.41) is 10.5. The van der Waals surface area contributed by atoms with Crippen LogP contribution in [0.15, 0.2) is 70.9 Å². The van der Waals surface area contributed by atoms with Gasteiger partial charge in [0.2, 0.25) is 10.0 Å². The zero-order valence-corrected chi connectivity index (χ0v) is 24.6. The average molecular weight is 590 g/mol. The Labute approximate surface area is 243 Å². The van der Waals surface area contributed by atoms with Gasteiger partial charge in [-0.1, -0.05) is 45.0 Å². The summed E-state index contributed by atoms with van der Waals surface area (Å²) in [6, 6.07) is 17.0. The monoisotopic (exact) mass is 589 g/mol. The number of esters is 1. The molecule has 2 aromatic heterocycles. The van der Waals surface area contributed by atoms with E-state index in [9.17, 15) is 18.0 Å². The number of carbonyl (C=O) groups is 2. The number of amides is 1. The number of primary sulfonamides is 1. The third-order valence-corrected chi connectivity index (χ3v) is 9.05. The fourth-order valence-corrected chi connectivity index (χ4v) is 6.24. The molecule has 0 radical (unpaired) electrons. The SMILES string of the molecule is CC(C)(C)C1CC(=Cc2cccs2)c2nc3ccccc3c(C(=O)OCC(=O)Nc3ccc(S(N)(=O)=O)cc3)c2C1. The smallest absolute Gasteiger partial charge is 0.339 e. The van der Waals surface area contributed by atoms with Gasteiger partial charge in [0.25, 0.3) is 5.91 Å². The first-order valence-corrected chi connectivity index (χ1v) is 15.6. The Morgan fingerprint density at radius 3 is 2.46 bits per heavy atom. The molecule has 1 amide bonds. The molecular formula is C31H31N3O5S2. The molecule has 0 spiro atoms. The number of allylic oxidation sites excluding steroid dienone is 1. The molecule has 0 bridgehead atoms. The fraction of sp³-hybridized carbons (Fsp3) is 0.258. The number of sulfonamides is 1. The van der Waals surface area contributed by atoms with Crippen molar-refractivity contribution in [3.63, 3.8) is 0 Å². The number of hydrogen-bond acceptors (Lipinski definition) is 7. The van der Waals surface area contributed by atoms with E-state index < -0.39 is 28.5 Å². The van der Waals surface area contributed by atoms with Gasteiger partial charge in [-0.15, -0.1) is 11.3 Å². The summed E-state index contributed by atoms with van der Waals surface area (Å²) in [6.45, 7) is 6.11. The van der Waals surface area contributed by atoms with Gasteiger partial charge in [0, 0.05) is 16.0 Å². The fourth-order valence-electron chi connectivity index (χ4n) is 5.04. The molecule has 5 rings (SSSR count). The molecule has 1 atom stereocenters. The van der Waals surface area contributed by atoms with Gasteiger partial charge in [-0.25, -0.2) is 23.3 Å². The van der Waals surface area contributed by atoms with Crippen LogP contribution in [0.5, 0.6) is 0 Å². The molecule has 10 heteroatoms.